The fraction of sp³-hybridized carbons (Fsp3) is 0.143. The van der Waals surface area contributed by atoms with Gasteiger partial charge in [0.15, 0.2) is 6.61 Å². The zero-order chi connectivity index (χ0) is 15.6. The number of hydrogen-bond acceptors (Lipinski definition) is 6. The van der Waals surface area contributed by atoms with Crippen LogP contribution in [0.5, 0.6) is 0 Å². The van der Waals surface area contributed by atoms with E-state index in [1.54, 1.807) is 12.1 Å². The molecule has 0 saturated carbocycles. The SMILES string of the molecule is C=C(C)C(=O)OCC(=O)ON1C(=O)c2ccccc2C1=O. The molecule has 0 fully saturated rings. The monoisotopic (exact) mass is 289 g/mol. The van der Waals surface area contributed by atoms with Crippen LogP contribution in [0.1, 0.15) is 27.6 Å². The van der Waals surface area contributed by atoms with Crippen molar-refractivity contribution in [3.05, 3.63) is 47.5 Å². The van der Waals surface area contributed by atoms with Gasteiger partial charge in [0.2, 0.25) is 0 Å². The van der Waals surface area contributed by atoms with Gasteiger partial charge in [0, 0.05) is 5.57 Å². The number of fused-ring (bicyclic) bond motifs is 1. The number of carbonyl (C=O) groups is 4. The van der Waals surface area contributed by atoms with Crippen molar-refractivity contribution in [2.24, 2.45) is 0 Å². The van der Waals surface area contributed by atoms with Crippen LogP contribution < -0.4 is 0 Å². The maximum absolute atomic E-state index is 11.9. The molecule has 0 unspecified atom stereocenters. The largest absolute Gasteiger partial charge is 0.450 e. The zero-order valence-corrected chi connectivity index (χ0v) is 11.1. The molecule has 0 radical (unpaired) electrons. The van der Waals surface area contributed by atoms with Crippen LogP contribution in [-0.4, -0.2) is 35.4 Å². The zero-order valence-electron chi connectivity index (χ0n) is 11.1. The molecule has 108 valence electrons. The van der Waals surface area contributed by atoms with Crippen molar-refractivity contribution in [1.29, 1.82) is 0 Å². The van der Waals surface area contributed by atoms with Gasteiger partial charge in [-0.05, 0) is 19.1 Å². The summed E-state index contributed by atoms with van der Waals surface area (Å²) in [4.78, 5) is 51.0. The molecule has 7 heteroatoms. The molecule has 21 heavy (non-hydrogen) atoms. The van der Waals surface area contributed by atoms with Gasteiger partial charge in [0.1, 0.15) is 0 Å². The lowest BCUT2D eigenvalue weighted by molar-refractivity contribution is -0.176. The smallest absolute Gasteiger partial charge is 0.370 e. The van der Waals surface area contributed by atoms with Crippen LogP contribution in [0.2, 0.25) is 0 Å². The van der Waals surface area contributed by atoms with Crippen LogP contribution in [0, 0.1) is 0 Å². The number of hydrogen-bond donors (Lipinski definition) is 0. The Balaban J connectivity index is 2.00. The van der Waals surface area contributed by atoms with E-state index in [1.165, 1.54) is 19.1 Å². The fourth-order valence-electron chi connectivity index (χ4n) is 1.63. The summed E-state index contributed by atoms with van der Waals surface area (Å²) in [6, 6.07) is 6.07. The molecule has 1 aromatic rings. The highest BCUT2D eigenvalue weighted by Crippen LogP contribution is 2.22. The van der Waals surface area contributed by atoms with Crippen LogP contribution in [0.4, 0.5) is 0 Å². The Morgan fingerprint density at radius 2 is 1.67 bits per heavy atom. The summed E-state index contributed by atoms with van der Waals surface area (Å²) in [6.07, 6.45) is 0. The van der Waals surface area contributed by atoms with Gasteiger partial charge in [-0.3, -0.25) is 9.59 Å². The molecule has 1 heterocycles. The van der Waals surface area contributed by atoms with Gasteiger partial charge in [-0.2, -0.15) is 0 Å². The minimum atomic E-state index is -1.04. The summed E-state index contributed by atoms with van der Waals surface area (Å²) >= 11 is 0. The summed E-state index contributed by atoms with van der Waals surface area (Å²) in [7, 11) is 0. The van der Waals surface area contributed by atoms with E-state index in [-0.39, 0.29) is 16.7 Å². The van der Waals surface area contributed by atoms with Crippen molar-refractivity contribution in [3.8, 4) is 0 Å². The number of amides is 2. The molecule has 2 rings (SSSR count). The number of rotatable bonds is 4. The number of hydroxylamine groups is 2. The van der Waals surface area contributed by atoms with Crippen LogP contribution in [0.3, 0.4) is 0 Å². The van der Waals surface area contributed by atoms with Crippen LogP contribution in [0.25, 0.3) is 0 Å². The molecule has 0 atom stereocenters. The van der Waals surface area contributed by atoms with Gasteiger partial charge in [0.25, 0.3) is 11.8 Å². The van der Waals surface area contributed by atoms with E-state index in [0.717, 1.165) is 0 Å². The first-order valence-electron chi connectivity index (χ1n) is 5.93. The maximum Gasteiger partial charge on any atom is 0.370 e. The molecule has 2 amide bonds. The Morgan fingerprint density at radius 1 is 1.14 bits per heavy atom. The lowest BCUT2D eigenvalue weighted by Gasteiger charge is -2.12. The van der Waals surface area contributed by atoms with E-state index in [2.05, 4.69) is 16.2 Å². The molecule has 0 bridgehead atoms. The van der Waals surface area contributed by atoms with E-state index >= 15 is 0 Å². The third-order valence-electron chi connectivity index (χ3n) is 2.62. The highest BCUT2D eigenvalue weighted by atomic mass is 16.7. The highest BCUT2D eigenvalue weighted by molar-refractivity contribution is 6.20. The van der Waals surface area contributed by atoms with Crippen molar-refractivity contribution in [2.75, 3.05) is 6.61 Å². The molecular weight excluding hydrogens is 278 g/mol. The van der Waals surface area contributed by atoms with E-state index in [9.17, 15) is 19.2 Å². The first-order valence-corrected chi connectivity index (χ1v) is 5.93. The quantitative estimate of drug-likeness (QED) is 0.464. The van der Waals surface area contributed by atoms with Crippen LogP contribution in [-0.2, 0) is 19.2 Å². The molecule has 0 spiro atoms. The summed E-state index contributed by atoms with van der Waals surface area (Å²) in [5.74, 6) is -3.29. The molecular formula is C14H11NO6. The fourth-order valence-corrected chi connectivity index (χ4v) is 1.63. The van der Waals surface area contributed by atoms with E-state index in [0.29, 0.717) is 5.06 Å². The number of esters is 1. The Morgan fingerprint density at radius 3 is 2.14 bits per heavy atom. The average molecular weight is 289 g/mol. The minimum Gasteiger partial charge on any atom is -0.450 e. The summed E-state index contributed by atoms with van der Waals surface area (Å²) in [6.45, 7) is 4.03. The predicted octanol–water partition coefficient (Wildman–Crippen LogP) is 0.860. The first-order chi connectivity index (χ1) is 9.91. The summed E-state index contributed by atoms with van der Waals surface area (Å²) in [5, 5.41) is 0.349. The topological polar surface area (TPSA) is 90.0 Å². The molecule has 1 aliphatic rings. The summed E-state index contributed by atoms with van der Waals surface area (Å²) < 4.78 is 4.56. The summed E-state index contributed by atoms with van der Waals surface area (Å²) in [5.41, 5.74) is 0.409. The third-order valence-corrected chi connectivity index (χ3v) is 2.62. The lowest BCUT2D eigenvalue weighted by Crippen LogP contribution is -2.34. The number of ether oxygens (including phenoxy) is 1. The second-order valence-electron chi connectivity index (χ2n) is 4.27. The van der Waals surface area contributed by atoms with Crippen molar-refractivity contribution >= 4 is 23.8 Å². The maximum atomic E-state index is 11.9. The third kappa shape index (κ3) is 2.81. The number of carbonyl (C=O) groups excluding carboxylic acids is 4. The molecule has 0 aromatic heterocycles. The van der Waals surface area contributed by atoms with Crippen LogP contribution >= 0.6 is 0 Å². The van der Waals surface area contributed by atoms with Gasteiger partial charge in [-0.25, -0.2) is 9.59 Å². The first kappa shape index (κ1) is 14.4. The van der Waals surface area contributed by atoms with Gasteiger partial charge in [-0.1, -0.05) is 23.8 Å². The predicted molar refractivity (Wildman–Crippen MR) is 68.8 cm³/mol. The Hall–Kier alpha value is -2.96. The molecule has 1 aromatic carbocycles. The second kappa shape index (κ2) is 5.58. The van der Waals surface area contributed by atoms with E-state index in [4.69, 9.17) is 0 Å². The van der Waals surface area contributed by atoms with Gasteiger partial charge in [0.05, 0.1) is 11.1 Å². The molecule has 0 saturated heterocycles. The van der Waals surface area contributed by atoms with Gasteiger partial charge >= 0.3 is 11.9 Å². The standard InChI is InChI=1S/C14H11NO6/c1-8(2)14(19)20-7-11(16)21-15-12(17)9-5-3-4-6-10(9)13(15)18/h3-6H,1,7H2,2H3. The number of imide groups is 1. The Bertz CT molecular complexity index is 628. The molecule has 0 aliphatic carbocycles. The average Bonchev–Trinajstić information content (AvgIpc) is 2.70. The number of nitrogens with zero attached hydrogens (tertiary/aromatic N) is 1. The normalized spacial score (nSPS) is 12.9. The van der Waals surface area contributed by atoms with Crippen molar-refractivity contribution < 1.29 is 28.8 Å². The van der Waals surface area contributed by atoms with Gasteiger partial charge in [-0.15, -0.1) is 0 Å². The van der Waals surface area contributed by atoms with E-state index in [1.807, 2.05) is 0 Å². The van der Waals surface area contributed by atoms with Gasteiger partial charge < -0.3 is 9.57 Å². The van der Waals surface area contributed by atoms with Crippen molar-refractivity contribution in [3.63, 3.8) is 0 Å². The molecule has 7 nitrogen and oxygen atoms in total. The Labute approximate surface area is 119 Å². The van der Waals surface area contributed by atoms with E-state index < -0.39 is 30.4 Å². The Kier molecular flexibility index (Phi) is 3.84. The number of benzene rings is 1. The molecule has 0 N–H and O–H groups in total. The van der Waals surface area contributed by atoms with Crippen molar-refractivity contribution in [2.45, 2.75) is 6.92 Å². The second-order valence-corrected chi connectivity index (χ2v) is 4.27. The van der Waals surface area contributed by atoms with Crippen molar-refractivity contribution in [1.82, 2.24) is 5.06 Å². The molecule has 1 aliphatic heterocycles. The van der Waals surface area contributed by atoms with Crippen LogP contribution in [0.15, 0.2) is 36.4 Å². The lowest BCUT2D eigenvalue weighted by atomic mass is 10.1. The minimum absolute atomic E-state index is 0.114. The highest BCUT2D eigenvalue weighted by Gasteiger charge is 2.38.